The molecular formula is C11H13InN6O2S. The monoisotopic (exact) mass is 408 g/mol. The molecule has 0 aromatic heterocycles. The Bertz CT molecular complexity index is 675. The van der Waals surface area contributed by atoms with Gasteiger partial charge in [-0.05, 0) is 0 Å². The van der Waals surface area contributed by atoms with Crippen LogP contribution < -0.4 is 13.5 Å². The predicted octanol–water partition coefficient (Wildman–Crippen LogP) is -2.06. The molecule has 0 bridgehead atoms. The maximum absolute atomic E-state index is 12.4. The van der Waals surface area contributed by atoms with Crippen molar-refractivity contribution in [3.05, 3.63) is 22.8 Å². The number of hydrogen-bond acceptors (Lipinski definition) is 7. The third-order valence-electron chi connectivity index (χ3n) is 2.93. The Kier molecular flexibility index (Phi) is 5.56. The molecule has 0 unspecified atom stereocenters. The fraction of sp³-hybridized carbons (Fsp3) is 0.364. The van der Waals surface area contributed by atoms with Crippen molar-refractivity contribution in [2.45, 2.75) is 0 Å². The maximum atomic E-state index is 12.4. The number of sulfonamides is 1. The van der Waals surface area contributed by atoms with Gasteiger partial charge >= 0.3 is 134 Å². The fourth-order valence-corrected chi connectivity index (χ4v) is 7.79. The van der Waals surface area contributed by atoms with Gasteiger partial charge in [0, 0.05) is 0 Å². The third kappa shape index (κ3) is 4.15. The van der Waals surface area contributed by atoms with Gasteiger partial charge in [0.15, 0.2) is 0 Å². The average molecular weight is 408 g/mol. The van der Waals surface area contributed by atoms with Gasteiger partial charge in [-0.2, -0.15) is 0 Å². The summed E-state index contributed by atoms with van der Waals surface area (Å²) in [5.74, 6) is 0. The molecule has 0 amide bonds. The first-order valence-corrected chi connectivity index (χ1v) is 11.0. The van der Waals surface area contributed by atoms with Gasteiger partial charge in [-0.1, -0.05) is 0 Å². The summed E-state index contributed by atoms with van der Waals surface area (Å²) in [4.78, 5) is 2.69. The summed E-state index contributed by atoms with van der Waals surface area (Å²) < 4.78 is 28.4. The molecule has 2 rings (SSSR count). The van der Waals surface area contributed by atoms with Crippen LogP contribution >= 0.6 is 0 Å². The second-order valence-corrected chi connectivity index (χ2v) is 9.57. The van der Waals surface area contributed by atoms with Crippen molar-refractivity contribution in [1.82, 2.24) is 18.5 Å². The van der Waals surface area contributed by atoms with E-state index in [1.807, 2.05) is 0 Å². The van der Waals surface area contributed by atoms with Crippen molar-refractivity contribution >= 4 is 36.0 Å². The van der Waals surface area contributed by atoms with Crippen molar-refractivity contribution < 1.29 is 8.42 Å². The molecule has 8 nitrogen and oxygen atoms in total. The quantitative estimate of drug-likeness (QED) is 0.458. The molecule has 0 aromatic rings. The van der Waals surface area contributed by atoms with Crippen LogP contribution in [0.25, 0.3) is 0 Å². The van der Waals surface area contributed by atoms with Crippen LogP contribution in [0.2, 0.25) is 0 Å². The summed E-state index contributed by atoms with van der Waals surface area (Å²) in [5.41, 5.74) is -0.0803. The standard InChI is InChI=1S/C11H13N6O2S.In/c12-7-10(8-13)1-2-11(9-14)20(18,19)16-17-5-3-15-4-6-17;/h1,9,14-16H,3-6H2;/q-1;+1. The SMILES string of the molecule is N#CC(C#N)=C[C]1=[In][NH]C=C1S(=O)(=O)NN1CCNCC1. The normalized spacial score (nSPS) is 18.4. The van der Waals surface area contributed by atoms with E-state index in [9.17, 15) is 8.42 Å². The molecule has 0 aliphatic carbocycles. The van der Waals surface area contributed by atoms with E-state index in [1.54, 1.807) is 17.1 Å². The van der Waals surface area contributed by atoms with Crippen molar-refractivity contribution in [3.8, 4) is 12.1 Å². The summed E-state index contributed by atoms with van der Waals surface area (Å²) >= 11 is -1.50. The van der Waals surface area contributed by atoms with Gasteiger partial charge in [0.2, 0.25) is 0 Å². The Labute approximate surface area is 134 Å². The Hall–Kier alpha value is -1.17. The molecule has 1 fully saturated rings. The molecule has 3 N–H and O–H groups in total. The number of rotatable bonds is 4. The van der Waals surface area contributed by atoms with E-state index in [0.717, 1.165) is 13.1 Å². The number of allylic oxidation sites excluding steroid dienone is 3. The molecule has 2 heterocycles. The minimum atomic E-state index is -3.68. The molecule has 0 atom stereocenters. The van der Waals surface area contributed by atoms with Crippen molar-refractivity contribution in [2.24, 2.45) is 0 Å². The molecule has 21 heavy (non-hydrogen) atoms. The first-order chi connectivity index (χ1) is 10.1. The molecule has 0 radical (unpaired) electrons. The van der Waals surface area contributed by atoms with E-state index < -0.39 is 32.7 Å². The molecule has 0 saturated carbocycles. The van der Waals surface area contributed by atoms with Crippen LogP contribution in [-0.4, -0.2) is 65.6 Å². The fourth-order valence-electron chi connectivity index (χ4n) is 1.93. The molecule has 10 heteroatoms. The second-order valence-electron chi connectivity index (χ2n) is 4.39. The number of piperazine rings is 1. The number of hydrazine groups is 1. The van der Waals surface area contributed by atoms with Gasteiger partial charge in [0.05, 0.1) is 0 Å². The number of nitrogens with zero attached hydrogens (tertiary/aromatic N) is 3. The van der Waals surface area contributed by atoms with Crippen LogP contribution in [0.4, 0.5) is 0 Å². The van der Waals surface area contributed by atoms with Gasteiger partial charge in [-0.15, -0.1) is 0 Å². The summed E-state index contributed by atoms with van der Waals surface area (Å²) in [6.45, 7) is 2.63. The minimum absolute atomic E-state index is 0.0803. The molecule has 2 aliphatic rings. The van der Waals surface area contributed by atoms with Crippen LogP contribution in [0.3, 0.4) is 0 Å². The van der Waals surface area contributed by atoms with Crippen molar-refractivity contribution in [1.29, 1.82) is 10.5 Å². The summed E-state index contributed by atoms with van der Waals surface area (Å²) in [7, 11) is -3.68. The summed E-state index contributed by atoms with van der Waals surface area (Å²) in [6.07, 6.45) is 2.84. The van der Waals surface area contributed by atoms with Crippen LogP contribution in [0.1, 0.15) is 0 Å². The zero-order valence-corrected chi connectivity index (χ0v) is 15.2. The average Bonchev–Trinajstić information content (AvgIpc) is 2.94. The van der Waals surface area contributed by atoms with E-state index >= 15 is 0 Å². The number of hydrogen-bond donors (Lipinski definition) is 3. The Balaban J connectivity index is 2.17. The predicted molar refractivity (Wildman–Crippen MR) is 77.8 cm³/mol. The van der Waals surface area contributed by atoms with E-state index in [2.05, 4.69) is 13.5 Å². The molecule has 0 aromatic carbocycles. The van der Waals surface area contributed by atoms with Crippen LogP contribution in [0.5, 0.6) is 0 Å². The zero-order valence-electron chi connectivity index (χ0n) is 11.1. The van der Waals surface area contributed by atoms with E-state index in [4.69, 9.17) is 10.5 Å². The molecule has 1 saturated heterocycles. The van der Waals surface area contributed by atoms with Gasteiger partial charge < -0.3 is 0 Å². The van der Waals surface area contributed by atoms with Crippen molar-refractivity contribution in [3.63, 3.8) is 0 Å². The van der Waals surface area contributed by atoms with Crippen LogP contribution in [0.15, 0.2) is 22.8 Å². The zero-order chi connectivity index (χ0) is 15.3. The van der Waals surface area contributed by atoms with Gasteiger partial charge in [-0.25, -0.2) is 0 Å². The molecule has 108 valence electrons. The molecule has 2 aliphatic heterocycles. The van der Waals surface area contributed by atoms with E-state index in [-0.39, 0.29) is 10.5 Å². The van der Waals surface area contributed by atoms with Gasteiger partial charge in [-0.3, -0.25) is 0 Å². The first kappa shape index (κ1) is 16.2. The van der Waals surface area contributed by atoms with Gasteiger partial charge in [0.25, 0.3) is 0 Å². The van der Waals surface area contributed by atoms with E-state index in [0.29, 0.717) is 16.3 Å². The summed E-state index contributed by atoms with van der Waals surface area (Å²) in [6, 6.07) is 3.51. The Morgan fingerprint density at radius 2 is 2.05 bits per heavy atom. The number of nitriles is 2. The van der Waals surface area contributed by atoms with Crippen LogP contribution in [-0.2, 0) is 10.0 Å². The first-order valence-electron chi connectivity index (χ1n) is 6.23. The van der Waals surface area contributed by atoms with Crippen LogP contribution in [0, 0.1) is 22.7 Å². The Morgan fingerprint density at radius 1 is 1.38 bits per heavy atom. The molecular weight excluding hydrogens is 395 g/mol. The van der Waals surface area contributed by atoms with Gasteiger partial charge in [0.1, 0.15) is 0 Å². The molecule has 0 spiro atoms. The second kappa shape index (κ2) is 7.20. The third-order valence-corrected chi connectivity index (χ3v) is 8.16. The number of nitrogens with one attached hydrogen (secondary N) is 3. The van der Waals surface area contributed by atoms with E-state index in [1.165, 1.54) is 12.3 Å². The summed E-state index contributed by atoms with van der Waals surface area (Å²) in [5, 5.41) is 22.4. The van der Waals surface area contributed by atoms with Crippen molar-refractivity contribution in [2.75, 3.05) is 26.2 Å². The Morgan fingerprint density at radius 3 is 2.67 bits per heavy atom. The topological polar surface area (TPSA) is 121 Å².